The number of hydrogen-bond acceptors (Lipinski definition) is 4. The first-order chi connectivity index (χ1) is 11.1. The van der Waals surface area contributed by atoms with Gasteiger partial charge in [-0.1, -0.05) is 18.2 Å². The average Bonchev–Trinajstić information content (AvgIpc) is 2.93. The summed E-state index contributed by atoms with van der Waals surface area (Å²) in [5.74, 6) is -0.856. The van der Waals surface area contributed by atoms with Gasteiger partial charge in [0.05, 0.1) is 22.5 Å². The smallest absolute Gasteiger partial charge is 0.250 e. The topological polar surface area (TPSA) is 51.2 Å². The molecule has 0 saturated heterocycles. The quantitative estimate of drug-likeness (QED) is 0.772. The number of amides is 1. The Morgan fingerprint density at radius 2 is 2.13 bits per heavy atom. The highest BCUT2D eigenvalue weighted by atomic mass is 32.1. The van der Waals surface area contributed by atoms with Crippen molar-refractivity contribution in [2.45, 2.75) is 13.5 Å². The summed E-state index contributed by atoms with van der Waals surface area (Å²) in [7, 11) is 0. The Balaban J connectivity index is 1.53. The van der Waals surface area contributed by atoms with E-state index in [2.05, 4.69) is 10.3 Å². The minimum Gasteiger partial charge on any atom is -0.364 e. The number of aryl methyl sites for hydroxylation is 1. The van der Waals surface area contributed by atoms with E-state index in [1.54, 1.807) is 12.1 Å². The van der Waals surface area contributed by atoms with Crippen molar-refractivity contribution in [3.8, 4) is 0 Å². The van der Waals surface area contributed by atoms with Crippen LogP contribution in [0.1, 0.15) is 10.6 Å². The van der Waals surface area contributed by atoms with Gasteiger partial charge in [0, 0.05) is 0 Å². The van der Waals surface area contributed by atoms with Crippen molar-refractivity contribution in [1.29, 1.82) is 0 Å². The molecule has 0 aliphatic heterocycles. The van der Waals surface area contributed by atoms with Crippen LogP contribution in [0, 0.1) is 12.7 Å². The molecule has 6 heteroatoms. The molecular formula is C17H15FN2O2S. The van der Waals surface area contributed by atoms with Gasteiger partial charge in [0.1, 0.15) is 17.4 Å². The summed E-state index contributed by atoms with van der Waals surface area (Å²) in [4.78, 5) is 16.2. The van der Waals surface area contributed by atoms with Crippen molar-refractivity contribution in [2.24, 2.45) is 0 Å². The zero-order valence-electron chi connectivity index (χ0n) is 12.5. The normalized spacial score (nSPS) is 10.9. The largest absolute Gasteiger partial charge is 0.364 e. The molecule has 23 heavy (non-hydrogen) atoms. The molecule has 118 valence electrons. The Morgan fingerprint density at radius 1 is 1.30 bits per heavy atom. The number of rotatable bonds is 5. The molecule has 0 spiro atoms. The molecule has 1 amide bonds. The predicted octanol–water partition coefficient (Wildman–Crippen LogP) is 3.90. The van der Waals surface area contributed by atoms with Crippen molar-refractivity contribution in [1.82, 2.24) is 4.98 Å². The second-order valence-electron chi connectivity index (χ2n) is 5.10. The molecule has 3 rings (SSSR count). The number of carbonyl (C=O) groups is 1. The third kappa shape index (κ3) is 3.91. The van der Waals surface area contributed by atoms with E-state index < -0.39 is 11.7 Å². The number of hydrogen-bond donors (Lipinski definition) is 1. The number of para-hydroxylation sites is 1. The number of nitrogens with zero attached hydrogens (tertiary/aromatic N) is 1. The van der Waals surface area contributed by atoms with Crippen molar-refractivity contribution < 1.29 is 13.9 Å². The highest BCUT2D eigenvalue weighted by molar-refractivity contribution is 7.18. The third-order valence-corrected chi connectivity index (χ3v) is 4.20. The highest BCUT2D eigenvalue weighted by Gasteiger charge is 2.09. The van der Waals surface area contributed by atoms with Gasteiger partial charge in [-0.15, -0.1) is 11.3 Å². The van der Waals surface area contributed by atoms with Gasteiger partial charge in [-0.25, -0.2) is 9.37 Å². The van der Waals surface area contributed by atoms with Gasteiger partial charge in [0.25, 0.3) is 0 Å². The second-order valence-corrected chi connectivity index (χ2v) is 6.21. The summed E-state index contributed by atoms with van der Waals surface area (Å²) < 4.78 is 20.0. The predicted molar refractivity (Wildman–Crippen MR) is 89.0 cm³/mol. The first-order valence-electron chi connectivity index (χ1n) is 7.10. The maximum absolute atomic E-state index is 13.6. The van der Waals surface area contributed by atoms with Crippen LogP contribution >= 0.6 is 11.3 Å². The average molecular weight is 330 g/mol. The maximum atomic E-state index is 13.6. The van der Waals surface area contributed by atoms with Crippen LogP contribution in [0.25, 0.3) is 10.2 Å². The van der Waals surface area contributed by atoms with E-state index in [0.29, 0.717) is 0 Å². The monoisotopic (exact) mass is 330 g/mol. The van der Waals surface area contributed by atoms with Crippen LogP contribution in [0.5, 0.6) is 0 Å². The summed E-state index contributed by atoms with van der Waals surface area (Å²) in [6, 6.07) is 12.4. The molecule has 1 N–H and O–H groups in total. The van der Waals surface area contributed by atoms with Crippen LogP contribution in [-0.4, -0.2) is 17.5 Å². The van der Waals surface area contributed by atoms with E-state index >= 15 is 0 Å². The van der Waals surface area contributed by atoms with Gasteiger partial charge in [0.2, 0.25) is 5.91 Å². The van der Waals surface area contributed by atoms with Crippen molar-refractivity contribution in [2.75, 3.05) is 11.9 Å². The van der Waals surface area contributed by atoms with E-state index in [9.17, 15) is 9.18 Å². The molecule has 0 atom stereocenters. The van der Waals surface area contributed by atoms with Crippen LogP contribution in [0.15, 0.2) is 42.5 Å². The minimum absolute atomic E-state index is 0.149. The summed E-state index contributed by atoms with van der Waals surface area (Å²) in [6.45, 7) is 1.94. The second kappa shape index (κ2) is 6.85. The van der Waals surface area contributed by atoms with Crippen LogP contribution < -0.4 is 5.32 Å². The van der Waals surface area contributed by atoms with E-state index in [-0.39, 0.29) is 18.9 Å². The summed E-state index contributed by atoms with van der Waals surface area (Å²) >= 11 is 1.53. The Morgan fingerprint density at radius 3 is 2.96 bits per heavy atom. The van der Waals surface area contributed by atoms with Crippen molar-refractivity contribution in [3.05, 3.63) is 58.9 Å². The standard InChI is InChI=1S/C17H15FN2O2S/c1-11-6-7-12(18)14(8-11)19-16(21)9-22-10-17-20-13-4-2-3-5-15(13)23-17/h2-8H,9-10H2,1H3,(H,19,21). The molecule has 0 saturated carbocycles. The number of benzene rings is 2. The van der Waals surface area contributed by atoms with Crippen LogP contribution in [-0.2, 0) is 16.1 Å². The SMILES string of the molecule is Cc1ccc(F)c(NC(=O)COCc2nc3ccccc3s2)c1. The fraction of sp³-hybridized carbons (Fsp3) is 0.176. The molecule has 0 bridgehead atoms. The number of nitrogens with one attached hydrogen (secondary N) is 1. The first-order valence-corrected chi connectivity index (χ1v) is 7.91. The fourth-order valence-electron chi connectivity index (χ4n) is 2.13. The summed E-state index contributed by atoms with van der Waals surface area (Å²) in [6.07, 6.45) is 0. The van der Waals surface area contributed by atoms with E-state index in [4.69, 9.17) is 4.74 Å². The fourth-order valence-corrected chi connectivity index (χ4v) is 3.04. The molecule has 2 aromatic carbocycles. The van der Waals surface area contributed by atoms with Crippen LogP contribution in [0.3, 0.4) is 0 Å². The molecule has 0 aliphatic carbocycles. The molecule has 4 nitrogen and oxygen atoms in total. The number of fused-ring (bicyclic) bond motifs is 1. The number of halogens is 1. The Labute approximate surface area is 136 Å². The number of thiazole rings is 1. The van der Waals surface area contributed by atoms with Crippen LogP contribution in [0.4, 0.5) is 10.1 Å². The molecule has 0 aliphatic rings. The van der Waals surface area contributed by atoms with E-state index in [0.717, 1.165) is 20.8 Å². The van der Waals surface area contributed by atoms with Gasteiger partial charge in [-0.3, -0.25) is 4.79 Å². The maximum Gasteiger partial charge on any atom is 0.250 e. The van der Waals surface area contributed by atoms with Crippen molar-refractivity contribution in [3.63, 3.8) is 0 Å². The molecule has 0 fully saturated rings. The number of anilines is 1. The van der Waals surface area contributed by atoms with Crippen LogP contribution in [0.2, 0.25) is 0 Å². The molecular weight excluding hydrogens is 315 g/mol. The lowest BCUT2D eigenvalue weighted by atomic mass is 10.2. The first kappa shape index (κ1) is 15.6. The zero-order chi connectivity index (χ0) is 16.2. The van der Waals surface area contributed by atoms with Gasteiger partial charge in [-0.05, 0) is 36.8 Å². The van der Waals surface area contributed by atoms with Crippen molar-refractivity contribution >= 4 is 33.1 Å². The van der Waals surface area contributed by atoms with Gasteiger partial charge in [-0.2, -0.15) is 0 Å². The highest BCUT2D eigenvalue weighted by Crippen LogP contribution is 2.22. The third-order valence-electron chi connectivity index (χ3n) is 3.19. The molecule has 1 aromatic heterocycles. The minimum atomic E-state index is -0.463. The Bertz CT molecular complexity index is 814. The lowest BCUT2D eigenvalue weighted by molar-refractivity contribution is -0.121. The number of aromatic nitrogens is 1. The molecule has 1 heterocycles. The molecule has 3 aromatic rings. The molecule has 0 unspecified atom stereocenters. The lowest BCUT2D eigenvalue weighted by Gasteiger charge is -2.07. The number of carbonyl (C=O) groups excluding carboxylic acids is 1. The zero-order valence-corrected chi connectivity index (χ0v) is 13.3. The van der Waals surface area contributed by atoms with E-state index in [1.165, 1.54) is 17.4 Å². The Hall–Kier alpha value is -2.31. The summed E-state index contributed by atoms with van der Waals surface area (Å²) in [5.41, 5.74) is 1.96. The van der Waals surface area contributed by atoms with Gasteiger partial charge in [0.15, 0.2) is 0 Å². The van der Waals surface area contributed by atoms with Gasteiger partial charge >= 0.3 is 0 Å². The summed E-state index contributed by atoms with van der Waals surface area (Å²) in [5, 5.41) is 3.31. The molecule has 0 radical (unpaired) electrons. The Kier molecular flexibility index (Phi) is 4.64. The lowest BCUT2D eigenvalue weighted by Crippen LogP contribution is -2.19. The van der Waals surface area contributed by atoms with E-state index in [1.807, 2.05) is 31.2 Å². The number of ether oxygens (including phenoxy) is 1. The van der Waals surface area contributed by atoms with Gasteiger partial charge < -0.3 is 10.1 Å².